The molecule has 1 atom stereocenters. The second kappa shape index (κ2) is 6.17. The number of rotatable bonds is 4. The highest BCUT2D eigenvalue weighted by atomic mass is 16.5. The fraction of sp³-hybridized carbons (Fsp3) is 1.00. The molecule has 0 spiro atoms. The van der Waals surface area contributed by atoms with E-state index < -0.39 is 0 Å². The van der Waals surface area contributed by atoms with Crippen LogP contribution in [-0.4, -0.2) is 37.9 Å². The Labute approximate surface area is 106 Å². The van der Waals surface area contributed by atoms with Gasteiger partial charge in [-0.15, -0.1) is 0 Å². The fourth-order valence-corrected chi connectivity index (χ4v) is 3.08. The van der Waals surface area contributed by atoms with Crippen molar-refractivity contribution in [3.8, 4) is 0 Å². The molecule has 0 aliphatic carbocycles. The lowest BCUT2D eigenvalue weighted by Crippen LogP contribution is -2.52. The Balaban J connectivity index is 1.61. The predicted molar refractivity (Wildman–Crippen MR) is 71.3 cm³/mol. The molecule has 0 aromatic rings. The van der Waals surface area contributed by atoms with Crippen LogP contribution in [0.15, 0.2) is 0 Å². The Morgan fingerprint density at radius 2 is 2.00 bits per heavy atom. The highest BCUT2D eigenvalue weighted by molar-refractivity contribution is 4.89. The van der Waals surface area contributed by atoms with Crippen LogP contribution >= 0.6 is 0 Å². The van der Waals surface area contributed by atoms with Gasteiger partial charge in [0.1, 0.15) is 0 Å². The smallest absolute Gasteiger partial charge is 0.0468 e. The van der Waals surface area contributed by atoms with Crippen molar-refractivity contribution >= 4 is 0 Å². The van der Waals surface area contributed by atoms with Gasteiger partial charge in [0.05, 0.1) is 0 Å². The van der Waals surface area contributed by atoms with Gasteiger partial charge in [0.15, 0.2) is 0 Å². The van der Waals surface area contributed by atoms with Gasteiger partial charge >= 0.3 is 0 Å². The van der Waals surface area contributed by atoms with Crippen molar-refractivity contribution in [1.82, 2.24) is 10.6 Å². The topological polar surface area (TPSA) is 33.3 Å². The van der Waals surface area contributed by atoms with Gasteiger partial charge in [-0.25, -0.2) is 0 Å². The molecule has 0 amide bonds. The minimum Gasteiger partial charge on any atom is -0.381 e. The highest BCUT2D eigenvalue weighted by Gasteiger charge is 2.26. The SMILES string of the molecule is CC1(C)CC(NCCC2CCOCC2)CCN1. The first-order chi connectivity index (χ1) is 8.16. The number of nitrogens with one attached hydrogen (secondary N) is 2. The molecule has 0 aromatic heterocycles. The third kappa shape index (κ3) is 4.57. The summed E-state index contributed by atoms with van der Waals surface area (Å²) in [5.41, 5.74) is 0.314. The quantitative estimate of drug-likeness (QED) is 0.788. The molecule has 3 nitrogen and oxygen atoms in total. The molecule has 0 saturated carbocycles. The van der Waals surface area contributed by atoms with E-state index in [1.807, 2.05) is 0 Å². The number of piperidine rings is 1. The lowest BCUT2D eigenvalue weighted by molar-refractivity contribution is 0.0635. The van der Waals surface area contributed by atoms with Crippen molar-refractivity contribution in [1.29, 1.82) is 0 Å². The first-order valence-corrected chi connectivity index (χ1v) is 7.22. The molecule has 0 bridgehead atoms. The van der Waals surface area contributed by atoms with E-state index >= 15 is 0 Å². The second-order valence-corrected chi connectivity index (χ2v) is 6.30. The van der Waals surface area contributed by atoms with Gasteiger partial charge in [0.2, 0.25) is 0 Å². The summed E-state index contributed by atoms with van der Waals surface area (Å²) >= 11 is 0. The van der Waals surface area contributed by atoms with Crippen LogP contribution in [0.25, 0.3) is 0 Å². The summed E-state index contributed by atoms with van der Waals surface area (Å²) in [4.78, 5) is 0. The van der Waals surface area contributed by atoms with Crippen molar-refractivity contribution in [3.05, 3.63) is 0 Å². The third-order valence-corrected chi connectivity index (χ3v) is 4.18. The van der Waals surface area contributed by atoms with E-state index in [1.165, 1.54) is 38.6 Å². The van der Waals surface area contributed by atoms with Crippen molar-refractivity contribution in [2.75, 3.05) is 26.3 Å². The molecule has 2 N–H and O–H groups in total. The molecule has 0 radical (unpaired) electrons. The molecule has 3 heteroatoms. The lowest BCUT2D eigenvalue weighted by atomic mass is 9.89. The minimum absolute atomic E-state index is 0.314. The Kier molecular flexibility index (Phi) is 4.83. The van der Waals surface area contributed by atoms with Crippen LogP contribution in [0.1, 0.15) is 46.0 Å². The average Bonchev–Trinajstić information content (AvgIpc) is 2.29. The van der Waals surface area contributed by atoms with E-state index in [-0.39, 0.29) is 0 Å². The van der Waals surface area contributed by atoms with Crippen LogP contribution in [0, 0.1) is 5.92 Å². The Morgan fingerprint density at radius 3 is 2.71 bits per heavy atom. The van der Waals surface area contributed by atoms with E-state index in [9.17, 15) is 0 Å². The molecule has 2 aliphatic rings. The molecule has 2 fully saturated rings. The van der Waals surface area contributed by atoms with E-state index in [1.54, 1.807) is 0 Å². The summed E-state index contributed by atoms with van der Waals surface area (Å²) < 4.78 is 5.39. The fourth-order valence-electron chi connectivity index (χ4n) is 3.08. The predicted octanol–water partition coefficient (Wildman–Crippen LogP) is 1.92. The van der Waals surface area contributed by atoms with Gasteiger partial charge in [-0.05, 0) is 65.0 Å². The highest BCUT2D eigenvalue weighted by Crippen LogP contribution is 2.20. The molecule has 2 saturated heterocycles. The average molecular weight is 240 g/mol. The lowest BCUT2D eigenvalue weighted by Gasteiger charge is -2.37. The van der Waals surface area contributed by atoms with Crippen molar-refractivity contribution < 1.29 is 4.74 Å². The Hall–Kier alpha value is -0.120. The second-order valence-electron chi connectivity index (χ2n) is 6.30. The summed E-state index contributed by atoms with van der Waals surface area (Å²) in [6.45, 7) is 8.90. The van der Waals surface area contributed by atoms with Gasteiger partial charge in [0.25, 0.3) is 0 Å². The van der Waals surface area contributed by atoms with Crippen LogP contribution in [0.5, 0.6) is 0 Å². The summed E-state index contributed by atoms with van der Waals surface area (Å²) in [7, 11) is 0. The Morgan fingerprint density at radius 1 is 1.24 bits per heavy atom. The largest absolute Gasteiger partial charge is 0.381 e. The standard InChI is InChI=1S/C14H28N2O/c1-14(2)11-13(4-8-16-14)15-7-3-12-5-9-17-10-6-12/h12-13,15-16H,3-11H2,1-2H3. The van der Waals surface area contributed by atoms with Gasteiger partial charge < -0.3 is 15.4 Å². The van der Waals surface area contributed by atoms with Gasteiger partial charge in [-0.1, -0.05) is 0 Å². The summed E-state index contributed by atoms with van der Waals surface area (Å²) in [5.74, 6) is 0.894. The Bertz CT molecular complexity index is 224. The normalized spacial score (nSPS) is 30.4. The summed E-state index contributed by atoms with van der Waals surface area (Å²) in [6, 6.07) is 0.714. The van der Waals surface area contributed by atoms with Crippen LogP contribution in [0.2, 0.25) is 0 Å². The zero-order valence-electron chi connectivity index (χ0n) is 11.4. The molecule has 1 unspecified atom stereocenters. The maximum absolute atomic E-state index is 5.39. The summed E-state index contributed by atoms with van der Waals surface area (Å²) in [6.07, 6.45) is 6.38. The van der Waals surface area contributed by atoms with E-state index in [4.69, 9.17) is 4.74 Å². The molecule has 100 valence electrons. The number of hydrogen-bond acceptors (Lipinski definition) is 3. The van der Waals surface area contributed by atoms with Gasteiger partial charge in [0, 0.05) is 24.8 Å². The maximum atomic E-state index is 5.39. The zero-order valence-corrected chi connectivity index (χ0v) is 11.4. The molecule has 2 heterocycles. The summed E-state index contributed by atoms with van der Waals surface area (Å²) in [5, 5.41) is 7.32. The van der Waals surface area contributed by atoms with Gasteiger partial charge in [-0.2, -0.15) is 0 Å². The maximum Gasteiger partial charge on any atom is 0.0468 e. The minimum atomic E-state index is 0.314. The van der Waals surface area contributed by atoms with Crippen molar-refractivity contribution in [2.45, 2.75) is 57.5 Å². The van der Waals surface area contributed by atoms with E-state index in [0.29, 0.717) is 11.6 Å². The molecule has 2 rings (SSSR count). The first-order valence-electron chi connectivity index (χ1n) is 7.22. The molecule has 2 aliphatic heterocycles. The monoisotopic (exact) mass is 240 g/mol. The van der Waals surface area contributed by atoms with E-state index in [0.717, 1.165) is 25.7 Å². The molecular formula is C14H28N2O. The first kappa shape index (κ1) is 13.3. The van der Waals surface area contributed by atoms with Crippen molar-refractivity contribution in [2.24, 2.45) is 5.92 Å². The van der Waals surface area contributed by atoms with Crippen LogP contribution in [-0.2, 0) is 4.74 Å². The van der Waals surface area contributed by atoms with Crippen molar-refractivity contribution in [3.63, 3.8) is 0 Å². The zero-order chi connectivity index (χ0) is 12.1. The van der Waals surface area contributed by atoms with Gasteiger partial charge in [-0.3, -0.25) is 0 Å². The number of ether oxygens (including phenoxy) is 1. The van der Waals surface area contributed by atoms with E-state index in [2.05, 4.69) is 24.5 Å². The van der Waals surface area contributed by atoms with Crippen LogP contribution in [0.4, 0.5) is 0 Å². The van der Waals surface area contributed by atoms with Crippen LogP contribution < -0.4 is 10.6 Å². The van der Waals surface area contributed by atoms with Crippen LogP contribution in [0.3, 0.4) is 0 Å². The third-order valence-electron chi connectivity index (χ3n) is 4.18. The molecular weight excluding hydrogens is 212 g/mol. The molecule has 17 heavy (non-hydrogen) atoms. The number of hydrogen-bond donors (Lipinski definition) is 2. The molecule has 0 aromatic carbocycles.